The van der Waals surface area contributed by atoms with Gasteiger partial charge in [-0.25, -0.2) is 0 Å². The molecule has 12 heavy (non-hydrogen) atoms. The van der Waals surface area contributed by atoms with E-state index in [2.05, 4.69) is 11.8 Å². The minimum Gasteiger partial charge on any atom is -0.395 e. The van der Waals surface area contributed by atoms with Crippen molar-refractivity contribution in [2.45, 2.75) is 32.6 Å². The summed E-state index contributed by atoms with van der Waals surface area (Å²) in [7, 11) is 0. The summed E-state index contributed by atoms with van der Waals surface area (Å²) < 4.78 is 0. The molecule has 0 aliphatic heterocycles. The molecule has 0 heterocycles. The van der Waals surface area contributed by atoms with Crippen LogP contribution in [-0.2, 0) is 0 Å². The highest BCUT2D eigenvalue weighted by Gasteiger charge is 2.17. The number of nitrogens with zero attached hydrogens (tertiary/aromatic N) is 1. The quantitative estimate of drug-likeness (QED) is 0.677. The van der Waals surface area contributed by atoms with Gasteiger partial charge in [0.05, 0.1) is 6.61 Å². The lowest BCUT2D eigenvalue weighted by molar-refractivity contribution is 0.182. The highest BCUT2D eigenvalue weighted by Crippen LogP contribution is 2.25. The molecule has 0 amide bonds. The van der Waals surface area contributed by atoms with E-state index in [0.29, 0.717) is 6.61 Å². The molecule has 0 atom stereocenters. The van der Waals surface area contributed by atoms with E-state index in [1.807, 2.05) is 0 Å². The Balaban J connectivity index is 2.16. The lowest BCUT2D eigenvalue weighted by atomic mass is 10.1. The molecule has 1 saturated carbocycles. The van der Waals surface area contributed by atoms with Crippen molar-refractivity contribution in [3.8, 4) is 0 Å². The van der Waals surface area contributed by atoms with E-state index in [9.17, 15) is 0 Å². The molecule has 1 aliphatic carbocycles. The van der Waals surface area contributed by atoms with Crippen LogP contribution < -0.4 is 0 Å². The third-order valence-electron chi connectivity index (χ3n) is 2.85. The summed E-state index contributed by atoms with van der Waals surface area (Å²) in [4.78, 5) is 2.36. The SMILES string of the molecule is CCN(CCO)CC1CCCC1. The molecule has 1 fully saturated rings. The molecule has 72 valence electrons. The molecule has 0 aromatic heterocycles. The first kappa shape index (κ1) is 10.0. The van der Waals surface area contributed by atoms with Gasteiger partial charge < -0.3 is 10.0 Å². The largest absolute Gasteiger partial charge is 0.395 e. The van der Waals surface area contributed by atoms with Crippen LogP contribution in [0.2, 0.25) is 0 Å². The Morgan fingerprint density at radius 1 is 1.33 bits per heavy atom. The Kier molecular flexibility index (Phi) is 4.62. The minimum absolute atomic E-state index is 0.306. The van der Waals surface area contributed by atoms with Crippen molar-refractivity contribution in [1.29, 1.82) is 0 Å². The van der Waals surface area contributed by atoms with Gasteiger partial charge in [-0.3, -0.25) is 0 Å². The predicted octanol–water partition coefficient (Wildman–Crippen LogP) is 1.49. The second kappa shape index (κ2) is 5.55. The summed E-state index contributed by atoms with van der Waals surface area (Å²) in [6, 6.07) is 0. The molecular formula is C10H21NO. The van der Waals surface area contributed by atoms with Gasteiger partial charge in [-0.1, -0.05) is 19.8 Å². The van der Waals surface area contributed by atoms with E-state index >= 15 is 0 Å². The third-order valence-corrected chi connectivity index (χ3v) is 2.85. The molecule has 0 bridgehead atoms. The molecule has 0 aromatic carbocycles. The van der Waals surface area contributed by atoms with Gasteiger partial charge in [0, 0.05) is 13.1 Å². The molecule has 2 heteroatoms. The summed E-state index contributed by atoms with van der Waals surface area (Å²) in [5.41, 5.74) is 0. The van der Waals surface area contributed by atoms with Gasteiger partial charge in [0.15, 0.2) is 0 Å². The van der Waals surface area contributed by atoms with Crippen molar-refractivity contribution in [3.63, 3.8) is 0 Å². The van der Waals surface area contributed by atoms with E-state index in [0.717, 1.165) is 19.0 Å². The standard InChI is InChI=1S/C10H21NO/c1-2-11(7-8-12)9-10-5-3-4-6-10/h10,12H,2-9H2,1H3. The Morgan fingerprint density at radius 2 is 2.00 bits per heavy atom. The minimum atomic E-state index is 0.306. The van der Waals surface area contributed by atoms with Crippen molar-refractivity contribution in [2.24, 2.45) is 5.92 Å². The van der Waals surface area contributed by atoms with Gasteiger partial charge in [0.1, 0.15) is 0 Å². The first-order valence-electron chi connectivity index (χ1n) is 5.20. The van der Waals surface area contributed by atoms with Gasteiger partial charge in [-0.15, -0.1) is 0 Å². The number of likely N-dealkylation sites (N-methyl/N-ethyl adjacent to an activating group) is 1. The zero-order chi connectivity index (χ0) is 8.81. The molecule has 1 aliphatic rings. The fourth-order valence-corrected chi connectivity index (χ4v) is 2.08. The maximum absolute atomic E-state index is 8.80. The van der Waals surface area contributed by atoms with Crippen molar-refractivity contribution in [1.82, 2.24) is 4.90 Å². The van der Waals surface area contributed by atoms with Crippen LogP contribution in [0.15, 0.2) is 0 Å². The maximum atomic E-state index is 8.80. The van der Waals surface area contributed by atoms with E-state index in [-0.39, 0.29) is 0 Å². The number of rotatable bonds is 5. The highest BCUT2D eigenvalue weighted by molar-refractivity contribution is 4.71. The number of aliphatic hydroxyl groups is 1. The first-order chi connectivity index (χ1) is 5.86. The lowest BCUT2D eigenvalue weighted by Gasteiger charge is -2.22. The molecule has 0 spiro atoms. The highest BCUT2D eigenvalue weighted by atomic mass is 16.3. The zero-order valence-corrected chi connectivity index (χ0v) is 8.13. The van der Waals surface area contributed by atoms with Crippen LogP contribution in [0.3, 0.4) is 0 Å². The molecule has 0 aromatic rings. The summed E-state index contributed by atoms with van der Waals surface area (Å²) in [6.07, 6.45) is 5.65. The van der Waals surface area contributed by atoms with E-state index in [1.165, 1.54) is 32.2 Å². The van der Waals surface area contributed by atoms with E-state index in [4.69, 9.17) is 5.11 Å². The van der Waals surface area contributed by atoms with Gasteiger partial charge in [-0.05, 0) is 25.3 Å². The fraction of sp³-hybridized carbons (Fsp3) is 1.00. The zero-order valence-electron chi connectivity index (χ0n) is 8.13. The summed E-state index contributed by atoms with van der Waals surface area (Å²) >= 11 is 0. The van der Waals surface area contributed by atoms with Crippen LogP contribution in [-0.4, -0.2) is 36.2 Å². The third kappa shape index (κ3) is 3.11. The predicted molar refractivity (Wildman–Crippen MR) is 51.2 cm³/mol. The first-order valence-corrected chi connectivity index (χ1v) is 5.20. The van der Waals surface area contributed by atoms with E-state index in [1.54, 1.807) is 0 Å². The molecule has 1 rings (SSSR count). The topological polar surface area (TPSA) is 23.5 Å². The Morgan fingerprint density at radius 3 is 2.50 bits per heavy atom. The second-order valence-corrected chi connectivity index (χ2v) is 3.77. The molecule has 0 radical (unpaired) electrons. The van der Waals surface area contributed by atoms with Crippen LogP contribution in [0.5, 0.6) is 0 Å². The second-order valence-electron chi connectivity index (χ2n) is 3.77. The van der Waals surface area contributed by atoms with Crippen LogP contribution in [0.25, 0.3) is 0 Å². The summed E-state index contributed by atoms with van der Waals surface area (Å²) in [6.45, 7) is 5.62. The van der Waals surface area contributed by atoms with E-state index < -0.39 is 0 Å². The van der Waals surface area contributed by atoms with Crippen LogP contribution >= 0.6 is 0 Å². The Hall–Kier alpha value is -0.0800. The fourth-order valence-electron chi connectivity index (χ4n) is 2.08. The molecule has 0 unspecified atom stereocenters. The smallest absolute Gasteiger partial charge is 0.0558 e. The number of hydrogen-bond donors (Lipinski definition) is 1. The summed E-state index contributed by atoms with van der Waals surface area (Å²) in [5.74, 6) is 0.913. The van der Waals surface area contributed by atoms with Crippen molar-refractivity contribution >= 4 is 0 Å². The normalized spacial score (nSPS) is 19.2. The average Bonchev–Trinajstić information content (AvgIpc) is 2.56. The maximum Gasteiger partial charge on any atom is 0.0558 e. The number of aliphatic hydroxyl groups excluding tert-OH is 1. The van der Waals surface area contributed by atoms with Gasteiger partial charge in [-0.2, -0.15) is 0 Å². The average molecular weight is 171 g/mol. The van der Waals surface area contributed by atoms with Gasteiger partial charge >= 0.3 is 0 Å². The number of hydrogen-bond acceptors (Lipinski definition) is 2. The lowest BCUT2D eigenvalue weighted by Crippen LogP contribution is -2.31. The van der Waals surface area contributed by atoms with Gasteiger partial charge in [0.2, 0.25) is 0 Å². The van der Waals surface area contributed by atoms with Crippen molar-refractivity contribution < 1.29 is 5.11 Å². The monoisotopic (exact) mass is 171 g/mol. The van der Waals surface area contributed by atoms with Crippen molar-refractivity contribution in [2.75, 3.05) is 26.2 Å². The van der Waals surface area contributed by atoms with Crippen LogP contribution in [0.4, 0.5) is 0 Å². The van der Waals surface area contributed by atoms with Gasteiger partial charge in [0.25, 0.3) is 0 Å². The molecule has 2 nitrogen and oxygen atoms in total. The van der Waals surface area contributed by atoms with Crippen LogP contribution in [0, 0.1) is 5.92 Å². The Labute approximate surface area is 75.6 Å². The van der Waals surface area contributed by atoms with Crippen molar-refractivity contribution in [3.05, 3.63) is 0 Å². The van der Waals surface area contributed by atoms with Crippen LogP contribution in [0.1, 0.15) is 32.6 Å². The summed E-state index contributed by atoms with van der Waals surface area (Å²) in [5, 5.41) is 8.80. The Bertz CT molecular complexity index is 110. The molecular weight excluding hydrogens is 150 g/mol. The molecule has 1 N–H and O–H groups in total. The molecule has 0 saturated heterocycles.